The largest absolute Gasteiger partial charge is 0.481 e. The molecule has 0 aromatic carbocycles. The molecule has 5 atom stereocenters. The number of rotatable bonds is 19. The molecule has 12 nitrogen and oxygen atoms in total. The van der Waals surface area contributed by atoms with E-state index in [0.717, 1.165) is 58.3 Å². The van der Waals surface area contributed by atoms with Crippen molar-refractivity contribution in [3.8, 4) is 0 Å². The molecule has 0 aromatic heterocycles. The second-order valence-corrected chi connectivity index (χ2v) is 14.1. The highest BCUT2D eigenvalue weighted by Gasteiger charge is 2.69. The van der Waals surface area contributed by atoms with Gasteiger partial charge in [-0.05, 0) is 81.7 Å². The third-order valence-corrected chi connectivity index (χ3v) is 10.7. The fourth-order valence-electron chi connectivity index (χ4n) is 8.00. The molecule has 8 N–H and O–H groups in total. The van der Waals surface area contributed by atoms with Gasteiger partial charge < -0.3 is 46.9 Å². The Kier molecular flexibility index (Phi) is 22.1. The number of unbranched alkanes of at least 4 members (excludes halogenated alkanes) is 2. The molecule has 282 valence electrons. The first-order chi connectivity index (χ1) is 21.1. The van der Waals surface area contributed by atoms with Crippen LogP contribution in [0, 0.1) is 23.2 Å². The van der Waals surface area contributed by atoms with E-state index in [9.17, 15) is 14.4 Å². The molecule has 5 rings (SSSR count). The summed E-state index contributed by atoms with van der Waals surface area (Å²) >= 11 is 0. The van der Waals surface area contributed by atoms with Gasteiger partial charge in [0, 0.05) is 52.1 Å². The Morgan fingerprint density at radius 3 is 2.19 bits per heavy atom. The summed E-state index contributed by atoms with van der Waals surface area (Å²) in [4.78, 5) is 39.9. The third-order valence-electron chi connectivity index (χ3n) is 10.7. The van der Waals surface area contributed by atoms with Crippen molar-refractivity contribution in [3.05, 3.63) is 0 Å². The van der Waals surface area contributed by atoms with Crippen molar-refractivity contribution in [2.75, 3.05) is 58.9 Å². The standard InChI is InChI=1S/C31H58BN7O5.4ClH/c1-30(2)23-17-24(30)31(3)25(18-23)43-32(44-31)26-8-7-15-39(26)29(42)21-38-27(40)9-5-4-6-12-37-28(41)16-22(19-35-13-10-33)20-36-14-11-34;;;;/h22-26,35-36H,4-21,33-34H2,1-3H3,(H,37,41)(H,38,40);4*1H/t23-,24-,25?,26-,31-;;;;/m0..../s1. The lowest BCUT2D eigenvalue weighted by molar-refractivity contribution is -0.199. The maximum absolute atomic E-state index is 13.1. The van der Waals surface area contributed by atoms with Crippen LogP contribution < -0.4 is 32.7 Å². The molecular formula is C31H62BCl4N7O5. The summed E-state index contributed by atoms with van der Waals surface area (Å²) in [6.07, 6.45) is 7.23. The monoisotopic (exact) mass is 763 g/mol. The molecule has 5 aliphatic rings. The van der Waals surface area contributed by atoms with Gasteiger partial charge in [0.2, 0.25) is 17.7 Å². The molecule has 17 heteroatoms. The Balaban J connectivity index is 0.00000552. The molecule has 2 bridgehead atoms. The Morgan fingerprint density at radius 2 is 1.56 bits per heavy atom. The van der Waals surface area contributed by atoms with Crippen LogP contribution >= 0.6 is 49.6 Å². The SMILES string of the molecule is CC1(C)[C@@H]2CC3OB([C@@H]4CCCN4C(=O)CNC(=O)CCCCCNC(=O)CC(CNCCN)CNCCN)O[C@@]3(C)[C@H]1C2.Cl.Cl.Cl.Cl. The lowest BCUT2D eigenvalue weighted by Crippen LogP contribution is -2.65. The molecule has 48 heavy (non-hydrogen) atoms. The van der Waals surface area contributed by atoms with Crippen LogP contribution in [-0.2, 0) is 23.7 Å². The van der Waals surface area contributed by atoms with Gasteiger partial charge in [-0.2, -0.15) is 0 Å². The van der Waals surface area contributed by atoms with Gasteiger partial charge in [-0.1, -0.05) is 20.3 Å². The normalized spacial score (nSPS) is 26.2. The predicted molar refractivity (Wildman–Crippen MR) is 200 cm³/mol. The van der Waals surface area contributed by atoms with Crippen LogP contribution in [0.1, 0.15) is 78.6 Å². The van der Waals surface area contributed by atoms with Gasteiger partial charge in [-0.25, -0.2) is 0 Å². The van der Waals surface area contributed by atoms with E-state index >= 15 is 0 Å². The van der Waals surface area contributed by atoms with Crippen molar-refractivity contribution in [1.29, 1.82) is 0 Å². The Hall–Kier alpha value is -0.605. The zero-order chi connectivity index (χ0) is 31.7. The smallest absolute Gasteiger partial charge is 0.404 e. The van der Waals surface area contributed by atoms with Crippen molar-refractivity contribution >= 4 is 74.5 Å². The van der Waals surface area contributed by atoms with Crippen LogP contribution in [0.15, 0.2) is 0 Å². The van der Waals surface area contributed by atoms with E-state index in [1.807, 2.05) is 4.90 Å². The summed E-state index contributed by atoms with van der Waals surface area (Å²) in [5, 5.41) is 12.4. The fourth-order valence-corrected chi connectivity index (χ4v) is 8.00. The van der Waals surface area contributed by atoms with Gasteiger partial charge in [0.15, 0.2) is 0 Å². The topological polar surface area (TPSA) is 173 Å². The molecule has 2 aliphatic heterocycles. The van der Waals surface area contributed by atoms with Gasteiger partial charge in [0.05, 0.1) is 24.2 Å². The van der Waals surface area contributed by atoms with E-state index in [-0.39, 0.29) is 103 Å². The minimum Gasteiger partial charge on any atom is -0.404 e. The highest BCUT2D eigenvalue weighted by atomic mass is 35.5. The third kappa shape index (κ3) is 12.0. The van der Waals surface area contributed by atoms with E-state index in [2.05, 4.69) is 42.0 Å². The average Bonchev–Trinajstić information content (AvgIpc) is 3.62. The molecular weight excluding hydrogens is 703 g/mol. The number of hydrogen-bond acceptors (Lipinski definition) is 9. The van der Waals surface area contributed by atoms with E-state index < -0.39 is 7.12 Å². The zero-order valence-electron chi connectivity index (χ0n) is 29.0. The highest BCUT2D eigenvalue weighted by Crippen LogP contribution is 2.65. The maximum Gasteiger partial charge on any atom is 0.481 e. The first-order valence-corrected chi connectivity index (χ1v) is 17.1. The second kappa shape index (κ2) is 22.4. The molecule has 0 radical (unpaired) electrons. The van der Waals surface area contributed by atoms with Gasteiger partial charge in [0.1, 0.15) is 0 Å². The number of likely N-dealkylation sites (tertiary alicyclic amines) is 1. The summed E-state index contributed by atoms with van der Waals surface area (Å²) in [6, 6.07) is 0. The molecule has 3 saturated carbocycles. The summed E-state index contributed by atoms with van der Waals surface area (Å²) in [5.74, 6) is 1.07. The van der Waals surface area contributed by atoms with E-state index in [0.29, 0.717) is 57.3 Å². The minimum absolute atomic E-state index is 0. The van der Waals surface area contributed by atoms with Crippen LogP contribution in [-0.4, -0.2) is 106 Å². The van der Waals surface area contributed by atoms with Gasteiger partial charge in [-0.3, -0.25) is 14.4 Å². The van der Waals surface area contributed by atoms with Crippen LogP contribution in [0.25, 0.3) is 0 Å². The lowest BCUT2D eigenvalue weighted by Gasteiger charge is -2.64. The predicted octanol–water partition coefficient (Wildman–Crippen LogP) is 1.83. The Bertz CT molecular complexity index is 984. The first kappa shape index (κ1) is 47.4. The number of nitrogens with zero attached hydrogens (tertiary/aromatic N) is 1. The second-order valence-electron chi connectivity index (χ2n) is 14.1. The number of hydrogen-bond donors (Lipinski definition) is 6. The van der Waals surface area contributed by atoms with Crippen molar-refractivity contribution < 1.29 is 23.7 Å². The fraction of sp³-hybridized carbons (Fsp3) is 0.903. The molecule has 3 amide bonds. The van der Waals surface area contributed by atoms with Crippen molar-refractivity contribution in [2.45, 2.75) is 96.2 Å². The van der Waals surface area contributed by atoms with Crippen LogP contribution in [0.2, 0.25) is 0 Å². The van der Waals surface area contributed by atoms with E-state index in [1.165, 1.54) is 6.42 Å². The van der Waals surface area contributed by atoms with E-state index in [1.54, 1.807) is 0 Å². The number of nitrogens with two attached hydrogens (primary N) is 2. The minimum atomic E-state index is -0.394. The van der Waals surface area contributed by atoms with Crippen molar-refractivity contribution in [3.63, 3.8) is 0 Å². The molecule has 2 saturated heterocycles. The van der Waals surface area contributed by atoms with Gasteiger partial charge in [-0.15, -0.1) is 49.6 Å². The van der Waals surface area contributed by atoms with Crippen molar-refractivity contribution in [2.24, 2.45) is 34.6 Å². The first-order valence-electron chi connectivity index (χ1n) is 17.1. The number of amides is 3. The van der Waals surface area contributed by atoms with Crippen molar-refractivity contribution in [1.82, 2.24) is 26.2 Å². The summed E-state index contributed by atoms with van der Waals surface area (Å²) in [5.41, 5.74) is 11.1. The van der Waals surface area contributed by atoms with Gasteiger partial charge >= 0.3 is 7.12 Å². The molecule has 5 fully saturated rings. The number of carbonyl (C=O) groups excluding carboxylic acids is 3. The maximum atomic E-state index is 13.1. The number of nitrogens with one attached hydrogen (secondary N) is 4. The summed E-state index contributed by atoms with van der Waals surface area (Å²) < 4.78 is 13.1. The summed E-state index contributed by atoms with van der Waals surface area (Å²) in [6.45, 7) is 12.2. The molecule has 0 aromatic rings. The highest BCUT2D eigenvalue weighted by molar-refractivity contribution is 6.48. The van der Waals surface area contributed by atoms with E-state index in [4.69, 9.17) is 20.8 Å². The molecule has 2 heterocycles. The Labute approximate surface area is 313 Å². The van der Waals surface area contributed by atoms with Crippen LogP contribution in [0.4, 0.5) is 0 Å². The quantitative estimate of drug-likeness (QED) is 0.0848. The molecule has 3 aliphatic carbocycles. The Morgan fingerprint density at radius 1 is 0.896 bits per heavy atom. The summed E-state index contributed by atoms with van der Waals surface area (Å²) in [7, 11) is -0.394. The number of halogens is 4. The lowest BCUT2D eigenvalue weighted by atomic mass is 9.43. The van der Waals surface area contributed by atoms with Crippen LogP contribution in [0.5, 0.6) is 0 Å². The molecule has 1 unspecified atom stereocenters. The molecule has 0 spiro atoms. The van der Waals surface area contributed by atoms with Gasteiger partial charge in [0.25, 0.3) is 0 Å². The average molecular weight is 766 g/mol. The number of carbonyl (C=O) groups is 3. The zero-order valence-corrected chi connectivity index (χ0v) is 32.2. The van der Waals surface area contributed by atoms with Crippen LogP contribution in [0.3, 0.4) is 0 Å².